The highest BCUT2D eigenvalue weighted by Crippen LogP contribution is 2.00. The molecule has 1 heterocycles. The number of nitrogens with one attached hydrogen (secondary N) is 2. The van der Waals surface area contributed by atoms with Crippen LogP contribution in [0.15, 0.2) is 24.5 Å². The highest BCUT2D eigenvalue weighted by atomic mass is 16.4. The van der Waals surface area contributed by atoms with E-state index in [0.717, 1.165) is 12.5 Å². The molecule has 0 radical (unpaired) electrons. The van der Waals surface area contributed by atoms with Gasteiger partial charge < -0.3 is 20.8 Å². The Morgan fingerprint density at radius 3 is 2.53 bits per heavy atom. The van der Waals surface area contributed by atoms with Gasteiger partial charge in [-0.2, -0.15) is 0 Å². The third-order valence-electron chi connectivity index (χ3n) is 2.50. The van der Waals surface area contributed by atoms with Gasteiger partial charge in [-0.3, -0.25) is 4.98 Å². The number of carbonyl (C=O) groups excluding carboxylic acids is 1. The average Bonchev–Trinajstić information content (AvgIpc) is 2.37. The summed E-state index contributed by atoms with van der Waals surface area (Å²) in [5, 5.41) is 22.9. The summed E-state index contributed by atoms with van der Waals surface area (Å²) in [4.78, 5) is 25.8. The lowest BCUT2D eigenvalue weighted by Gasteiger charge is -2.18. The number of hydrogen-bond donors (Lipinski definition) is 4. The van der Waals surface area contributed by atoms with E-state index in [1.165, 1.54) is 0 Å². The molecule has 4 N–H and O–H groups in total. The Morgan fingerprint density at radius 2 is 1.95 bits per heavy atom. The third-order valence-corrected chi connectivity index (χ3v) is 2.50. The maximum atomic E-state index is 11.4. The van der Waals surface area contributed by atoms with Crippen molar-refractivity contribution in [1.29, 1.82) is 0 Å². The van der Waals surface area contributed by atoms with Crippen molar-refractivity contribution in [2.24, 2.45) is 0 Å². The second-order valence-corrected chi connectivity index (χ2v) is 4.29. The van der Waals surface area contributed by atoms with Crippen LogP contribution in [0.2, 0.25) is 0 Å². The van der Waals surface area contributed by atoms with Crippen LogP contribution in [0.5, 0.6) is 0 Å². The van der Waals surface area contributed by atoms with Crippen LogP contribution in [0.1, 0.15) is 12.5 Å². The Bertz CT molecular complexity index is 434. The number of pyridine rings is 1. The van der Waals surface area contributed by atoms with Gasteiger partial charge in [-0.25, -0.2) is 9.59 Å². The number of amides is 2. The predicted octanol–water partition coefficient (Wildman–Crippen LogP) is -0.241. The predicted molar refractivity (Wildman–Crippen MR) is 67.6 cm³/mol. The minimum atomic E-state index is -1.97. The number of aliphatic carboxylic acids is 1. The van der Waals surface area contributed by atoms with Crippen molar-refractivity contribution < 1.29 is 19.8 Å². The summed E-state index contributed by atoms with van der Waals surface area (Å²) in [5.74, 6) is -1.38. The van der Waals surface area contributed by atoms with Gasteiger partial charge >= 0.3 is 12.0 Å². The molecule has 0 spiro atoms. The largest absolute Gasteiger partial charge is 0.479 e. The smallest absolute Gasteiger partial charge is 0.337 e. The topological polar surface area (TPSA) is 112 Å². The summed E-state index contributed by atoms with van der Waals surface area (Å²) in [5.41, 5.74) is -0.935. The minimum absolute atomic E-state index is 0.358. The zero-order chi connectivity index (χ0) is 14.3. The fourth-order valence-electron chi connectivity index (χ4n) is 1.26. The van der Waals surface area contributed by atoms with E-state index in [9.17, 15) is 14.7 Å². The van der Waals surface area contributed by atoms with E-state index in [4.69, 9.17) is 5.11 Å². The fraction of sp³-hybridized carbons (Fsp3) is 0.417. The number of hydrogen-bond acceptors (Lipinski definition) is 4. The molecule has 0 aliphatic rings. The summed E-state index contributed by atoms with van der Waals surface area (Å²) in [6.07, 6.45) is 3.98. The van der Waals surface area contributed by atoms with Gasteiger partial charge in [0.2, 0.25) is 0 Å². The van der Waals surface area contributed by atoms with Gasteiger partial charge in [0.05, 0.1) is 6.54 Å². The van der Waals surface area contributed by atoms with E-state index >= 15 is 0 Å². The quantitative estimate of drug-likeness (QED) is 0.568. The molecule has 0 bridgehead atoms. The third kappa shape index (κ3) is 5.35. The number of rotatable bonds is 6. The van der Waals surface area contributed by atoms with Crippen molar-refractivity contribution in [1.82, 2.24) is 15.6 Å². The highest BCUT2D eigenvalue weighted by molar-refractivity contribution is 5.79. The van der Waals surface area contributed by atoms with Gasteiger partial charge in [0.25, 0.3) is 0 Å². The standard InChI is InChI=1S/C12H17N3O4/c1-12(19,10(16)17)8-15-11(18)14-7-4-9-2-5-13-6-3-9/h2-3,5-6,19H,4,7-8H2,1H3,(H,16,17)(H2,14,15,18). The second-order valence-electron chi connectivity index (χ2n) is 4.29. The lowest BCUT2D eigenvalue weighted by atomic mass is 10.1. The van der Waals surface area contributed by atoms with Crippen molar-refractivity contribution in [2.45, 2.75) is 18.9 Å². The number of carboxylic acids is 1. The number of aromatic nitrogens is 1. The molecule has 0 aliphatic carbocycles. The molecule has 1 unspecified atom stereocenters. The molecule has 104 valence electrons. The maximum absolute atomic E-state index is 11.4. The zero-order valence-electron chi connectivity index (χ0n) is 10.6. The van der Waals surface area contributed by atoms with Gasteiger partial charge in [-0.15, -0.1) is 0 Å². The van der Waals surface area contributed by atoms with Crippen molar-refractivity contribution in [3.63, 3.8) is 0 Å². The molecule has 1 atom stereocenters. The van der Waals surface area contributed by atoms with Crippen molar-refractivity contribution in [2.75, 3.05) is 13.1 Å². The Morgan fingerprint density at radius 1 is 1.32 bits per heavy atom. The Balaban J connectivity index is 2.24. The Hall–Kier alpha value is -2.15. The molecule has 0 fully saturated rings. The summed E-state index contributed by atoms with van der Waals surface area (Å²) >= 11 is 0. The van der Waals surface area contributed by atoms with Crippen LogP contribution in [-0.2, 0) is 11.2 Å². The summed E-state index contributed by atoms with van der Waals surface area (Å²) in [7, 11) is 0. The van der Waals surface area contributed by atoms with Crippen molar-refractivity contribution in [3.8, 4) is 0 Å². The SMILES string of the molecule is CC(O)(CNC(=O)NCCc1ccncc1)C(=O)O. The van der Waals surface area contributed by atoms with Crippen LogP contribution >= 0.6 is 0 Å². The summed E-state index contributed by atoms with van der Waals surface area (Å²) in [6.45, 7) is 1.17. The number of nitrogens with zero attached hydrogens (tertiary/aromatic N) is 1. The van der Waals surface area contributed by atoms with Gasteiger partial charge in [0, 0.05) is 18.9 Å². The monoisotopic (exact) mass is 267 g/mol. The average molecular weight is 267 g/mol. The molecule has 7 nitrogen and oxygen atoms in total. The van der Waals surface area contributed by atoms with Crippen LogP contribution in [0.3, 0.4) is 0 Å². The van der Waals surface area contributed by atoms with Crippen LogP contribution in [-0.4, -0.2) is 45.9 Å². The summed E-state index contributed by atoms with van der Waals surface area (Å²) < 4.78 is 0. The first-order valence-electron chi connectivity index (χ1n) is 5.78. The normalized spacial score (nSPS) is 13.4. The van der Waals surface area contributed by atoms with Gasteiger partial charge in [0.1, 0.15) is 0 Å². The molecule has 1 aromatic rings. The lowest BCUT2D eigenvalue weighted by Crippen LogP contribution is -2.49. The lowest BCUT2D eigenvalue weighted by molar-refractivity contribution is -0.155. The first kappa shape index (κ1) is 14.9. The molecule has 19 heavy (non-hydrogen) atoms. The number of urea groups is 1. The van der Waals surface area contributed by atoms with E-state index in [0.29, 0.717) is 13.0 Å². The van der Waals surface area contributed by atoms with Gasteiger partial charge in [0.15, 0.2) is 5.60 Å². The second kappa shape index (κ2) is 6.69. The van der Waals surface area contributed by atoms with Crippen molar-refractivity contribution >= 4 is 12.0 Å². The van der Waals surface area contributed by atoms with Crippen LogP contribution in [0.4, 0.5) is 4.79 Å². The molecule has 0 saturated heterocycles. The summed E-state index contributed by atoms with van der Waals surface area (Å²) in [6, 6.07) is 3.17. The highest BCUT2D eigenvalue weighted by Gasteiger charge is 2.30. The van der Waals surface area contributed by atoms with Gasteiger partial charge in [-0.1, -0.05) is 0 Å². The molecule has 0 aliphatic heterocycles. The molecule has 7 heteroatoms. The van der Waals surface area contributed by atoms with E-state index < -0.39 is 17.6 Å². The fourth-order valence-corrected chi connectivity index (χ4v) is 1.26. The molecular weight excluding hydrogens is 250 g/mol. The molecule has 0 saturated carbocycles. The van der Waals surface area contributed by atoms with Gasteiger partial charge in [-0.05, 0) is 31.0 Å². The first-order chi connectivity index (χ1) is 8.92. The molecule has 1 rings (SSSR count). The number of carbonyl (C=O) groups is 2. The molecule has 2 amide bonds. The maximum Gasteiger partial charge on any atom is 0.337 e. The van der Waals surface area contributed by atoms with E-state index in [1.807, 2.05) is 12.1 Å². The number of aliphatic hydroxyl groups is 1. The molecule has 1 aromatic heterocycles. The van der Waals surface area contributed by atoms with E-state index in [-0.39, 0.29) is 6.54 Å². The molecule has 0 aromatic carbocycles. The van der Waals surface area contributed by atoms with E-state index in [1.54, 1.807) is 12.4 Å². The minimum Gasteiger partial charge on any atom is -0.479 e. The van der Waals surface area contributed by atoms with Crippen LogP contribution < -0.4 is 10.6 Å². The Labute approximate surface area is 110 Å². The van der Waals surface area contributed by atoms with E-state index in [2.05, 4.69) is 15.6 Å². The first-order valence-corrected chi connectivity index (χ1v) is 5.78. The van der Waals surface area contributed by atoms with Crippen LogP contribution in [0, 0.1) is 0 Å². The van der Waals surface area contributed by atoms with Crippen LogP contribution in [0.25, 0.3) is 0 Å². The zero-order valence-corrected chi connectivity index (χ0v) is 10.6. The Kier molecular flexibility index (Phi) is 5.25. The molecular formula is C12H17N3O4. The number of carboxylic acid groups (broad SMARTS) is 1. The van der Waals surface area contributed by atoms with Crippen molar-refractivity contribution in [3.05, 3.63) is 30.1 Å².